The van der Waals surface area contributed by atoms with Gasteiger partial charge in [0.15, 0.2) is 11.5 Å². The number of nitrogens with zero attached hydrogens (tertiary/aromatic N) is 1. The molecule has 2 aromatic carbocycles. The van der Waals surface area contributed by atoms with Crippen molar-refractivity contribution in [3.63, 3.8) is 0 Å². The van der Waals surface area contributed by atoms with Crippen molar-refractivity contribution in [3.05, 3.63) is 65.3 Å². The van der Waals surface area contributed by atoms with Crippen molar-refractivity contribution in [2.45, 2.75) is 6.92 Å². The first-order valence-corrected chi connectivity index (χ1v) is 7.81. The van der Waals surface area contributed by atoms with Gasteiger partial charge in [0.25, 0.3) is 5.91 Å². The van der Waals surface area contributed by atoms with Gasteiger partial charge >= 0.3 is 0 Å². The minimum Gasteiger partial charge on any atom is -0.355 e. The molecule has 7 heteroatoms. The fraction of sp³-hybridized carbons (Fsp3) is 0.0556. The SMILES string of the molecule is CC(=O)Nc1ccc(NC(=O)c2cc(-c3ccc(Cl)cc3)on2)cc1. The van der Waals surface area contributed by atoms with E-state index in [1.54, 1.807) is 54.6 Å². The standard InChI is InChI=1S/C18H14ClN3O3/c1-11(23)20-14-6-8-15(9-7-14)21-18(24)16-10-17(25-22-16)12-2-4-13(19)5-3-12/h2-10H,1H3,(H,20,23)(H,21,24). The highest BCUT2D eigenvalue weighted by Gasteiger charge is 2.14. The molecule has 0 unspecified atom stereocenters. The monoisotopic (exact) mass is 355 g/mol. The van der Waals surface area contributed by atoms with Crippen LogP contribution in [0.3, 0.4) is 0 Å². The molecule has 0 spiro atoms. The minimum absolute atomic E-state index is 0.158. The summed E-state index contributed by atoms with van der Waals surface area (Å²) in [4.78, 5) is 23.2. The molecule has 1 heterocycles. The summed E-state index contributed by atoms with van der Waals surface area (Å²) in [6.07, 6.45) is 0. The Kier molecular flexibility index (Phi) is 4.81. The number of hydrogen-bond donors (Lipinski definition) is 2. The molecular weight excluding hydrogens is 342 g/mol. The van der Waals surface area contributed by atoms with Crippen LogP contribution in [0.25, 0.3) is 11.3 Å². The molecule has 3 aromatic rings. The summed E-state index contributed by atoms with van der Waals surface area (Å²) in [6, 6.07) is 15.3. The van der Waals surface area contributed by atoms with Crippen LogP contribution in [0.15, 0.2) is 59.1 Å². The molecule has 0 atom stereocenters. The van der Waals surface area contributed by atoms with Gasteiger partial charge in [0, 0.05) is 35.0 Å². The van der Waals surface area contributed by atoms with Gasteiger partial charge in [-0.25, -0.2) is 0 Å². The van der Waals surface area contributed by atoms with Crippen LogP contribution in [0.1, 0.15) is 17.4 Å². The molecule has 0 aliphatic rings. The van der Waals surface area contributed by atoms with Crippen LogP contribution in [0.5, 0.6) is 0 Å². The Balaban J connectivity index is 1.69. The summed E-state index contributed by atoms with van der Waals surface area (Å²) in [5.74, 6) is -0.0758. The van der Waals surface area contributed by atoms with E-state index in [9.17, 15) is 9.59 Å². The predicted octanol–water partition coefficient (Wildman–Crippen LogP) is 4.21. The maximum Gasteiger partial charge on any atom is 0.277 e. The topological polar surface area (TPSA) is 84.2 Å². The number of anilines is 2. The molecule has 0 fully saturated rings. The van der Waals surface area contributed by atoms with Crippen molar-refractivity contribution < 1.29 is 14.1 Å². The number of aromatic nitrogens is 1. The molecule has 0 bridgehead atoms. The number of carbonyl (C=O) groups excluding carboxylic acids is 2. The van der Waals surface area contributed by atoms with Crippen molar-refractivity contribution in [3.8, 4) is 11.3 Å². The van der Waals surface area contributed by atoms with Crippen LogP contribution < -0.4 is 10.6 Å². The number of amides is 2. The predicted molar refractivity (Wildman–Crippen MR) is 95.6 cm³/mol. The molecule has 2 N–H and O–H groups in total. The van der Waals surface area contributed by atoms with Gasteiger partial charge in [-0.05, 0) is 48.5 Å². The third-order valence-electron chi connectivity index (χ3n) is 3.33. The van der Waals surface area contributed by atoms with E-state index in [1.165, 1.54) is 6.92 Å². The smallest absolute Gasteiger partial charge is 0.277 e. The molecule has 0 aliphatic carbocycles. The average Bonchev–Trinajstić information content (AvgIpc) is 3.07. The summed E-state index contributed by atoms with van der Waals surface area (Å²) in [6.45, 7) is 1.43. The molecule has 0 aliphatic heterocycles. The van der Waals surface area contributed by atoms with Crippen LogP contribution in [-0.2, 0) is 4.79 Å². The molecular formula is C18H14ClN3O3. The lowest BCUT2D eigenvalue weighted by Crippen LogP contribution is -2.12. The van der Waals surface area contributed by atoms with E-state index >= 15 is 0 Å². The Hall–Kier alpha value is -3.12. The van der Waals surface area contributed by atoms with Gasteiger partial charge in [-0.1, -0.05) is 16.8 Å². The molecule has 6 nitrogen and oxygen atoms in total. The Labute approximate surface area is 148 Å². The zero-order chi connectivity index (χ0) is 17.8. The van der Waals surface area contributed by atoms with Crippen LogP contribution >= 0.6 is 11.6 Å². The normalized spacial score (nSPS) is 10.3. The zero-order valence-corrected chi connectivity index (χ0v) is 14.0. The lowest BCUT2D eigenvalue weighted by molar-refractivity contribution is -0.114. The van der Waals surface area contributed by atoms with Crippen molar-refractivity contribution in [1.29, 1.82) is 0 Å². The Morgan fingerprint density at radius 3 is 2.16 bits per heavy atom. The van der Waals surface area contributed by atoms with E-state index < -0.39 is 5.91 Å². The van der Waals surface area contributed by atoms with Gasteiger partial charge in [0.05, 0.1) is 0 Å². The van der Waals surface area contributed by atoms with E-state index in [0.717, 1.165) is 5.56 Å². The molecule has 126 valence electrons. The number of rotatable bonds is 4. The highest BCUT2D eigenvalue weighted by Crippen LogP contribution is 2.23. The third-order valence-corrected chi connectivity index (χ3v) is 3.59. The summed E-state index contributed by atoms with van der Waals surface area (Å²) < 4.78 is 5.21. The quantitative estimate of drug-likeness (QED) is 0.734. The van der Waals surface area contributed by atoms with E-state index in [0.29, 0.717) is 22.2 Å². The first-order chi connectivity index (χ1) is 12.0. The largest absolute Gasteiger partial charge is 0.355 e. The molecule has 0 radical (unpaired) electrons. The van der Waals surface area contributed by atoms with E-state index in [1.807, 2.05) is 0 Å². The number of halogens is 1. The van der Waals surface area contributed by atoms with Crippen molar-refractivity contribution in [2.75, 3.05) is 10.6 Å². The van der Waals surface area contributed by atoms with Gasteiger partial charge < -0.3 is 15.2 Å². The second kappa shape index (κ2) is 7.19. The van der Waals surface area contributed by atoms with Crippen LogP contribution in [0, 0.1) is 0 Å². The van der Waals surface area contributed by atoms with E-state index in [-0.39, 0.29) is 11.6 Å². The highest BCUT2D eigenvalue weighted by molar-refractivity contribution is 6.30. The number of carbonyl (C=O) groups is 2. The van der Waals surface area contributed by atoms with Crippen molar-refractivity contribution in [2.24, 2.45) is 0 Å². The number of benzene rings is 2. The highest BCUT2D eigenvalue weighted by atomic mass is 35.5. The second-order valence-corrected chi connectivity index (χ2v) is 5.73. The van der Waals surface area contributed by atoms with E-state index in [2.05, 4.69) is 15.8 Å². The van der Waals surface area contributed by atoms with Crippen molar-refractivity contribution in [1.82, 2.24) is 5.16 Å². The Morgan fingerprint density at radius 1 is 0.960 bits per heavy atom. The first kappa shape index (κ1) is 16.7. The van der Waals surface area contributed by atoms with Gasteiger partial charge in [-0.15, -0.1) is 0 Å². The average molecular weight is 356 g/mol. The minimum atomic E-state index is -0.392. The molecule has 0 saturated heterocycles. The molecule has 2 amide bonds. The maximum absolute atomic E-state index is 12.3. The van der Waals surface area contributed by atoms with Gasteiger partial charge in [0.1, 0.15) is 0 Å². The summed E-state index contributed by atoms with van der Waals surface area (Å²) in [5, 5.41) is 9.78. The van der Waals surface area contributed by atoms with Gasteiger partial charge in [-0.3, -0.25) is 9.59 Å². The van der Waals surface area contributed by atoms with Crippen LogP contribution in [-0.4, -0.2) is 17.0 Å². The molecule has 1 aromatic heterocycles. The fourth-order valence-electron chi connectivity index (χ4n) is 2.17. The van der Waals surface area contributed by atoms with Gasteiger partial charge in [-0.2, -0.15) is 0 Å². The van der Waals surface area contributed by atoms with Gasteiger partial charge in [0.2, 0.25) is 5.91 Å². The lowest BCUT2D eigenvalue weighted by atomic mass is 10.1. The zero-order valence-electron chi connectivity index (χ0n) is 13.2. The third kappa shape index (κ3) is 4.24. The van der Waals surface area contributed by atoms with Crippen LogP contribution in [0.2, 0.25) is 5.02 Å². The maximum atomic E-state index is 12.3. The van der Waals surface area contributed by atoms with E-state index in [4.69, 9.17) is 16.1 Å². The summed E-state index contributed by atoms with van der Waals surface area (Å²) >= 11 is 5.85. The number of nitrogens with one attached hydrogen (secondary N) is 2. The number of hydrogen-bond acceptors (Lipinski definition) is 4. The first-order valence-electron chi connectivity index (χ1n) is 7.43. The summed E-state index contributed by atoms with van der Waals surface area (Å²) in [5.41, 5.74) is 2.17. The molecule has 25 heavy (non-hydrogen) atoms. The fourth-order valence-corrected chi connectivity index (χ4v) is 2.29. The summed E-state index contributed by atoms with van der Waals surface area (Å²) in [7, 11) is 0. The Bertz CT molecular complexity index is 902. The molecule has 0 saturated carbocycles. The van der Waals surface area contributed by atoms with Crippen molar-refractivity contribution >= 4 is 34.8 Å². The van der Waals surface area contributed by atoms with Crippen LogP contribution in [0.4, 0.5) is 11.4 Å². The lowest BCUT2D eigenvalue weighted by Gasteiger charge is -2.05. The Morgan fingerprint density at radius 2 is 1.56 bits per heavy atom. The second-order valence-electron chi connectivity index (χ2n) is 5.30. The molecule has 3 rings (SSSR count).